The minimum absolute atomic E-state index is 0.274. The van der Waals surface area contributed by atoms with E-state index in [0.29, 0.717) is 6.04 Å². The van der Waals surface area contributed by atoms with Crippen molar-refractivity contribution in [3.8, 4) is 5.75 Å². The van der Waals surface area contributed by atoms with E-state index in [1.54, 1.807) is 13.1 Å². The molecule has 2 atom stereocenters. The van der Waals surface area contributed by atoms with Crippen LogP contribution < -0.4 is 10.1 Å². The number of nitrogens with one attached hydrogen (secondary N) is 1. The molecule has 5 heteroatoms. The van der Waals surface area contributed by atoms with Gasteiger partial charge in [-0.05, 0) is 49.3 Å². The first-order valence-electron chi connectivity index (χ1n) is 7.57. The zero-order valence-corrected chi connectivity index (χ0v) is 12.5. The third-order valence-electron chi connectivity index (χ3n) is 4.87. The second kappa shape index (κ2) is 5.79. The number of hydrogen-bond donors (Lipinski definition) is 1. The van der Waals surface area contributed by atoms with Gasteiger partial charge in [-0.2, -0.15) is 8.78 Å². The van der Waals surface area contributed by atoms with E-state index in [2.05, 4.69) is 15.0 Å². The van der Waals surface area contributed by atoms with Crippen LogP contribution in [0.5, 0.6) is 5.75 Å². The van der Waals surface area contributed by atoms with Gasteiger partial charge in [-0.15, -0.1) is 0 Å². The Labute approximate surface area is 124 Å². The summed E-state index contributed by atoms with van der Waals surface area (Å²) in [6.45, 7) is 1.04. The maximum atomic E-state index is 12.5. The van der Waals surface area contributed by atoms with Gasteiger partial charge >= 0.3 is 6.61 Å². The number of alkyl halides is 2. The van der Waals surface area contributed by atoms with Crippen molar-refractivity contribution in [3.05, 3.63) is 23.3 Å². The lowest BCUT2D eigenvalue weighted by atomic mass is 10.0. The number of likely N-dealkylation sites (tertiary alicyclic amines) is 1. The minimum atomic E-state index is -2.79. The van der Waals surface area contributed by atoms with Crippen LogP contribution in [-0.4, -0.2) is 31.1 Å². The van der Waals surface area contributed by atoms with Gasteiger partial charge in [-0.3, -0.25) is 4.90 Å². The Morgan fingerprint density at radius 3 is 2.76 bits per heavy atom. The summed E-state index contributed by atoms with van der Waals surface area (Å²) in [4.78, 5) is 2.49. The van der Waals surface area contributed by atoms with Crippen LogP contribution in [0.25, 0.3) is 0 Å². The summed E-state index contributed by atoms with van der Waals surface area (Å²) in [5.74, 6) is 1.11. The Morgan fingerprint density at radius 1 is 1.38 bits per heavy atom. The molecule has 0 amide bonds. The molecule has 1 N–H and O–H groups in total. The van der Waals surface area contributed by atoms with E-state index in [1.165, 1.54) is 19.3 Å². The highest BCUT2D eigenvalue weighted by molar-refractivity contribution is 5.55. The van der Waals surface area contributed by atoms with Crippen molar-refractivity contribution in [1.82, 2.24) is 4.90 Å². The fourth-order valence-electron chi connectivity index (χ4n) is 3.71. The Balaban J connectivity index is 1.83. The standard InChI is InChI=1S/C16H22F2N2O/c1-10-12(9-20-8-11-3-4-14(20)5-11)6-13(19-2)7-15(10)21-16(17)18/h6-7,11,14,16,19H,3-5,8-9H2,1-2H3. The van der Waals surface area contributed by atoms with Gasteiger partial charge in [0, 0.05) is 37.9 Å². The van der Waals surface area contributed by atoms with Crippen LogP contribution in [-0.2, 0) is 6.54 Å². The molecule has 1 aromatic rings. The average Bonchev–Trinajstić information content (AvgIpc) is 3.05. The number of piperidine rings is 1. The van der Waals surface area contributed by atoms with E-state index in [4.69, 9.17) is 0 Å². The largest absolute Gasteiger partial charge is 0.434 e. The third kappa shape index (κ3) is 2.98. The second-order valence-electron chi connectivity index (χ2n) is 6.15. The molecule has 1 aliphatic heterocycles. The van der Waals surface area contributed by atoms with Crippen LogP contribution in [0, 0.1) is 12.8 Å². The molecule has 1 aliphatic carbocycles. The van der Waals surface area contributed by atoms with E-state index in [9.17, 15) is 8.78 Å². The quantitative estimate of drug-likeness (QED) is 0.898. The smallest absolute Gasteiger partial charge is 0.387 e. The number of benzene rings is 1. The van der Waals surface area contributed by atoms with Crippen molar-refractivity contribution in [2.24, 2.45) is 5.92 Å². The number of ether oxygens (including phenoxy) is 1. The highest BCUT2D eigenvalue weighted by Crippen LogP contribution is 2.39. The van der Waals surface area contributed by atoms with E-state index in [-0.39, 0.29) is 5.75 Å². The van der Waals surface area contributed by atoms with Crippen molar-refractivity contribution in [1.29, 1.82) is 0 Å². The number of rotatable bonds is 5. The zero-order valence-electron chi connectivity index (χ0n) is 12.5. The van der Waals surface area contributed by atoms with Crippen molar-refractivity contribution < 1.29 is 13.5 Å². The number of halogens is 2. The van der Waals surface area contributed by atoms with Crippen LogP contribution in [0.1, 0.15) is 30.4 Å². The Morgan fingerprint density at radius 2 is 2.19 bits per heavy atom. The van der Waals surface area contributed by atoms with Crippen LogP contribution in [0.3, 0.4) is 0 Å². The van der Waals surface area contributed by atoms with Crippen molar-refractivity contribution in [3.63, 3.8) is 0 Å². The molecule has 2 aliphatic rings. The normalized spacial score (nSPS) is 24.8. The van der Waals surface area contributed by atoms with Gasteiger partial charge in [0.05, 0.1) is 0 Å². The van der Waals surface area contributed by atoms with E-state index in [0.717, 1.165) is 35.8 Å². The molecule has 1 saturated carbocycles. The van der Waals surface area contributed by atoms with Gasteiger partial charge in [0.25, 0.3) is 0 Å². The molecular formula is C16H22F2N2O. The van der Waals surface area contributed by atoms with Gasteiger partial charge in [0.1, 0.15) is 5.75 Å². The zero-order chi connectivity index (χ0) is 15.0. The molecule has 21 heavy (non-hydrogen) atoms. The van der Waals surface area contributed by atoms with Gasteiger partial charge in [0.15, 0.2) is 0 Å². The fourth-order valence-corrected chi connectivity index (χ4v) is 3.71. The summed E-state index contributed by atoms with van der Waals surface area (Å²) >= 11 is 0. The highest BCUT2D eigenvalue weighted by Gasteiger charge is 2.37. The lowest BCUT2D eigenvalue weighted by Crippen LogP contribution is -2.31. The van der Waals surface area contributed by atoms with Crippen LogP contribution in [0.15, 0.2) is 12.1 Å². The summed E-state index contributed by atoms with van der Waals surface area (Å²) in [7, 11) is 1.79. The van der Waals surface area contributed by atoms with Crippen molar-refractivity contribution >= 4 is 5.69 Å². The molecule has 1 heterocycles. The number of anilines is 1. The molecule has 2 unspecified atom stereocenters. The predicted molar refractivity (Wildman–Crippen MR) is 78.9 cm³/mol. The monoisotopic (exact) mass is 296 g/mol. The summed E-state index contributed by atoms with van der Waals surface area (Å²) in [6.07, 6.45) is 3.91. The molecule has 1 saturated heterocycles. The lowest BCUT2D eigenvalue weighted by Gasteiger charge is -2.28. The molecule has 2 fully saturated rings. The number of hydrogen-bond acceptors (Lipinski definition) is 3. The minimum Gasteiger partial charge on any atom is -0.434 e. The number of fused-ring (bicyclic) bond motifs is 2. The average molecular weight is 296 g/mol. The first-order valence-corrected chi connectivity index (χ1v) is 7.57. The lowest BCUT2D eigenvalue weighted by molar-refractivity contribution is -0.0503. The van der Waals surface area contributed by atoms with Gasteiger partial charge < -0.3 is 10.1 Å². The molecule has 1 aromatic carbocycles. The molecule has 116 valence electrons. The highest BCUT2D eigenvalue weighted by atomic mass is 19.3. The molecule has 0 radical (unpaired) electrons. The predicted octanol–water partition coefficient (Wildman–Crippen LogP) is 3.62. The van der Waals surface area contributed by atoms with Crippen molar-refractivity contribution in [2.45, 2.75) is 45.4 Å². The maximum Gasteiger partial charge on any atom is 0.387 e. The van der Waals surface area contributed by atoms with Crippen molar-refractivity contribution in [2.75, 3.05) is 18.9 Å². The first-order chi connectivity index (χ1) is 10.1. The summed E-state index contributed by atoms with van der Waals surface area (Å²) in [5.41, 5.74) is 2.71. The summed E-state index contributed by atoms with van der Waals surface area (Å²) < 4.78 is 29.7. The summed E-state index contributed by atoms with van der Waals surface area (Å²) in [5, 5.41) is 3.02. The van der Waals surface area contributed by atoms with Crippen LogP contribution in [0.2, 0.25) is 0 Å². The third-order valence-corrected chi connectivity index (χ3v) is 4.87. The number of nitrogens with zero attached hydrogens (tertiary/aromatic N) is 1. The topological polar surface area (TPSA) is 24.5 Å². The Hall–Kier alpha value is -1.36. The van der Waals surface area contributed by atoms with Gasteiger partial charge in [-0.1, -0.05) is 0 Å². The maximum absolute atomic E-state index is 12.5. The van der Waals surface area contributed by atoms with E-state index >= 15 is 0 Å². The summed E-state index contributed by atoms with van der Waals surface area (Å²) in [6, 6.07) is 4.35. The van der Waals surface area contributed by atoms with Gasteiger partial charge in [-0.25, -0.2) is 0 Å². The van der Waals surface area contributed by atoms with Gasteiger partial charge in [0.2, 0.25) is 0 Å². The molecular weight excluding hydrogens is 274 g/mol. The second-order valence-corrected chi connectivity index (χ2v) is 6.15. The molecule has 0 spiro atoms. The fraction of sp³-hybridized carbons (Fsp3) is 0.625. The van der Waals surface area contributed by atoms with E-state index < -0.39 is 6.61 Å². The first kappa shape index (κ1) is 14.6. The van der Waals surface area contributed by atoms with Crippen LogP contribution in [0.4, 0.5) is 14.5 Å². The molecule has 3 nitrogen and oxygen atoms in total. The molecule has 3 rings (SSSR count). The molecule has 2 bridgehead atoms. The van der Waals surface area contributed by atoms with E-state index in [1.807, 2.05) is 13.0 Å². The Kier molecular flexibility index (Phi) is 4.02. The SMILES string of the molecule is CNc1cc(CN2CC3CCC2C3)c(C)c(OC(F)F)c1. The molecule has 0 aromatic heterocycles. The van der Waals surface area contributed by atoms with Crippen LogP contribution >= 0.6 is 0 Å². The Bertz CT molecular complexity index is 521.